The number of aromatic nitrogens is 1. The standard InChI is InChI=1S/C24H22FN3OS/c25-18-6-3-16(4-7-18)1-2-17-5-8-21-20(13-17)24-19(22(15-29)27-21)9-11-28(24)14-23-26-10-12-30-23/h3-8,10,12-13,19,22,24,27,29H,9,11,14-15H2/t19-,22+,24-/m0/s1. The first kappa shape index (κ1) is 19.3. The molecule has 2 aromatic carbocycles. The Morgan fingerprint density at radius 3 is 2.73 bits per heavy atom. The second kappa shape index (κ2) is 8.19. The van der Waals surface area contributed by atoms with Crippen molar-refractivity contribution < 1.29 is 9.50 Å². The summed E-state index contributed by atoms with van der Waals surface area (Å²) in [6.45, 7) is 1.93. The second-order valence-corrected chi connectivity index (χ2v) is 8.77. The molecule has 0 aliphatic carbocycles. The maximum atomic E-state index is 13.1. The topological polar surface area (TPSA) is 48.4 Å². The maximum absolute atomic E-state index is 13.1. The molecule has 2 aliphatic heterocycles. The first-order valence-corrected chi connectivity index (χ1v) is 11.0. The Bertz CT molecular complexity index is 1090. The average molecular weight is 420 g/mol. The van der Waals surface area contributed by atoms with Crippen molar-refractivity contribution in [3.63, 3.8) is 0 Å². The normalized spacial score (nSPS) is 22.5. The van der Waals surface area contributed by atoms with E-state index in [2.05, 4.69) is 39.2 Å². The maximum Gasteiger partial charge on any atom is 0.123 e. The molecular formula is C24H22FN3OS. The number of hydrogen-bond donors (Lipinski definition) is 2. The molecular weight excluding hydrogens is 397 g/mol. The smallest absolute Gasteiger partial charge is 0.123 e. The Hall–Kier alpha value is -2.72. The first-order valence-electron chi connectivity index (χ1n) is 10.1. The van der Waals surface area contributed by atoms with Crippen LogP contribution in [0, 0.1) is 23.6 Å². The third-order valence-electron chi connectivity index (χ3n) is 5.99. The van der Waals surface area contributed by atoms with Crippen molar-refractivity contribution in [2.45, 2.75) is 25.0 Å². The lowest BCUT2D eigenvalue weighted by Crippen LogP contribution is -2.41. The summed E-state index contributed by atoms with van der Waals surface area (Å²) in [6, 6.07) is 12.7. The molecule has 5 rings (SSSR count). The van der Waals surface area contributed by atoms with Crippen LogP contribution in [0.15, 0.2) is 54.0 Å². The van der Waals surface area contributed by atoms with Crippen molar-refractivity contribution in [1.29, 1.82) is 0 Å². The van der Waals surface area contributed by atoms with Gasteiger partial charge in [0.05, 0.1) is 19.2 Å². The van der Waals surface area contributed by atoms with E-state index >= 15 is 0 Å². The number of fused-ring (bicyclic) bond motifs is 3. The molecule has 3 aromatic rings. The van der Waals surface area contributed by atoms with Crippen molar-refractivity contribution in [2.24, 2.45) is 5.92 Å². The summed E-state index contributed by atoms with van der Waals surface area (Å²) in [5, 5.41) is 16.6. The van der Waals surface area contributed by atoms with Gasteiger partial charge < -0.3 is 10.4 Å². The van der Waals surface area contributed by atoms with Crippen LogP contribution in [0.2, 0.25) is 0 Å². The van der Waals surface area contributed by atoms with Gasteiger partial charge in [-0.25, -0.2) is 9.37 Å². The van der Waals surface area contributed by atoms with E-state index in [1.165, 1.54) is 17.7 Å². The number of thiazole rings is 1. The summed E-state index contributed by atoms with van der Waals surface area (Å²) >= 11 is 1.68. The van der Waals surface area contributed by atoms with Gasteiger partial charge in [0.25, 0.3) is 0 Å². The Labute approximate surface area is 179 Å². The van der Waals surface area contributed by atoms with Crippen molar-refractivity contribution in [1.82, 2.24) is 9.88 Å². The van der Waals surface area contributed by atoms with E-state index in [0.29, 0.717) is 5.92 Å². The van der Waals surface area contributed by atoms with Crippen LogP contribution in [0.5, 0.6) is 0 Å². The monoisotopic (exact) mass is 419 g/mol. The van der Waals surface area contributed by atoms with Gasteiger partial charge in [-0.1, -0.05) is 11.8 Å². The van der Waals surface area contributed by atoms with Gasteiger partial charge in [-0.2, -0.15) is 0 Å². The highest BCUT2D eigenvalue weighted by Gasteiger charge is 2.43. The number of halogens is 1. The average Bonchev–Trinajstić information content (AvgIpc) is 3.43. The van der Waals surface area contributed by atoms with Crippen LogP contribution in [0.25, 0.3) is 0 Å². The lowest BCUT2D eigenvalue weighted by molar-refractivity contribution is 0.172. The minimum atomic E-state index is -0.258. The third kappa shape index (κ3) is 3.72. The van der Waals surface area contributed by atoms with Gasteiger partial charge >= 0.3 is 0 Å². The Kier molecular flexibility index (Phi) is 5.26. The van der Waals surface area contributed by atoms with Crippen LogP contribution >= 0.6 is 11.3 Å². The number of anilines is 1. The molecule has 1 fully saturated rings. The number of nitrogens with zero attached hydrogens (tertiary/aromatic N) is 2. The zero-order chi connectivity index (χ0) is 20.5. The van der Waals surface area contributed by atoms with Gasteiger partial charge in [0.2, 0.25) is 0 Å². The molecule has 4 nitrogen and oxygen atoms in total. The molecule has 1 saturated heterocycles. The Balaban J connectivity index is 1.48. The molecule has 3 heterocycles. The number of hydrogen-bond acceptors (Lipinski definition) is 5. The number of aliphatic hydroxyl groups is 1. The van der Waals surface area contributed by atoms with Gasteiger partial charge in [0.15, 0.2) is 0 Å². The molecule has 152 valence electrons. The quantitative estimate of drug-likeness (QED) is 0.630. The van der Waals surface area contributed by atoms with Crippen LogP contribution in [-0.2, 0) is 6.54 Å². The van der Waals surface area contributed by atoms with E-state index in [-0.39, 0.29) is 24.5 Å². The SMILES string of the molecule is OC[C@H]1Nc2ccc(C#Cc3ccc(F)cc3)cc2[C@@H]2[C@H]1CCN2Cc1nccs1. The molecule has 2 aliphatic rings. The number of nitrogens with one attached hydrogen (secondary N) is 1. The molecule has 0 radical (unpaired) electrons. The fraction of sp³-hybridized carbons (Fsp3) is 0.292. The summed E-state index contributed by atoms with van der Waals surface area (Å²) in [6.07, 6.45) is 2.89. The molecule has 0 saturated carbocycles. The van der Waals surface area contributed by atoms with Gasteiger partial charge in [-0.05, 0) is 61.0 Å². The van der Waals surface area contributed by atoms with Crippen molar-refractivity contribution in [3.05, 3.63) is 81.6 Å². The predicted molar refractivity (Wildman–Crippen MR) is 117 cm³/mol. The van der Waals surface area contributed by atoms with Gasteiger partial charge in [-0.15, -0.1) is 11.3 Å². The number of likely N-dealkylation sites (tertiary alicyclic amines) is 1. The van der Waals surface area contributed by atoms with Gasteiger partial charge in [-0.3, -0.25) is 4.90 Å². The first-order chi connectivity index (χ1) is 14.7. The van der Waals surface area contributed by atoms with Crippen LogP contribution < -0.4 is 5.32 Å². The molecule has 0 bridgehead atoms. The second-order valence-electron chi connectivity index (χ2n) is 7.79. The van der Waals surface area contributed by atoms with E-state index in [1.54, 1.807) is 23.5 Å². The zero-order valence-corrected chi connectivity index (χ0v) is 17.2. The van der Waals surface area contributed by atoms with E-state index < -0.39 is 0 Å². The molecule has 2 N–H and O–H groups in total. The van der Waals surface area contributed by atoms with Crippen molar-refractivity contribution in [2.75, 3.05) is 18.5 Å². The number of aliphatic hydroxyl groups excluding tert-OH is 1. The highest BCUT2D eigenvalue weighted by Crippen LogP contribution is 2.47. The lowest BCUT2D eigenvalue weighted by Gasteiger charge is -2.39. The summed E-state index contributed by atoms with van der Waals surface area (Å²) in [5.41, 5.74) is 4.01. The Morgan fingerprint density at radius 2 is 1.97 bits per heavy atom. The largest absolute Gasteiger partial charge is 0.394 e. The predicted octanol–water partition coefficient (Wildman–Crippen LogP) is 4.03. The van der Waals surface area contributed by atoms with E-state index in [1.807, 2.05) is 17.6 Å². The highest BCUT2D eigenvalue weighted by molar-refractivity contribution is 7.09. The van der Waals surface area contributed by atoms with Gasteiger partial charge in [0.1, 0.15) is 10.8 Å². The van der Waals surface area contributed by atoms with E-state index in [0.717, 1.165) is 41.3 Å². The highest BCUT2D eigenvalue weighted by atomic mass is 32.1. The zero-order valence-electron chi connectivity index (χ0n) is 16.4. The van der Waals surface area contributed by atoms with Crippen molar-refractivity contribution >= 4 is 17.0 Å². The summed E-state index contributed by atoms with van der Waals surface area (Å²) < 4.78 is 13.1. The van der Waals surface area contributed by atoms with Crippen molar-refractivity contribution in [3.8, 4) is 11.8 Å². The third-order valence-corrected chi connectivity index (χ3v) is 6.75. The molecule has 0 unspecified atom stereocenters. The van der Waals surface area contributed by atoms with Gasteiger partial charge in [0, 0.05) is 40.4 Å². The number of benzene rings is 2. The summed E-state index contributed by atoms with van der Waals surface area (Å²) in [4.78, 5) is 6.94. The van der Waals surface area contributed by atoms with Crippen LogP contribution in [-0.4, -0.2) is 34.2 Å². The van der Waals surface area contributed by atoms with Crippen LogP contribution in [0.1, 0.15) is 34.2 Å². The fourth-order valence-electron chi connectivity index (χ4n) is 4.60. The Morgan fingerprint density at radius 1 is 1.17 bits per heavy atom. The van der Waals surface area contributed by atoms with E-state index in [9.17, 15) is 9.50 Å². The van der Waals surface area contributed by atoms with Crippen LogP contribution in [0.4, 0.5) is 10.1 Å². The fourth-order valence-corrected chi connectivity index (χ4v) is 5.24. The lowest BCUT2D eigenvalue weighted by atomic mass is 9.82. The molecule has 3 atom stereocenters. The molecule has 1 aromatic heterocycles. The number of rotatable bonds is 3. The van der Waals surface area contributed by atoms with Crippen LogP contribution in [0.3, 0.4) is 0 Å². The van der Waals surface area contributed by atoms with E-state index in [4.69, 9.17) is 0 Å². The molecule has 0 spiro atoms. The minimum absolute atomic E-state index is 0.0555. The minimum Gasteiger partial charge on any atom is -0.394 e. The molecule has 6 heteroatoms. The molecule has 30 heavy (non-hydrogen) atoms. The summed E-state index contributed by atoms with van der Waals surface area (Å²) in [5.74, 6) is 6.43. The molecule has 0 amide bonds. The summed E-state index contributed by atoms with van der Waals surface area (Å²) in [7, 11) is 0.